The number of benzene rings is 1. The van der Waals surface area contributed by atoms with Gasteiger partial charge < -0.3 is 27.6 Å². The molecule has 178 valence electrons. The molecule has 1 spiro atoms. The zero-order valence-corrected chi connectivity index (χ0v) is 19.5. The molecule has 0 saturated carbocycles. The summed E-state index contributed by atoms with van der Waals surface area (Å²) in [7, 11) is 1.42. The molecular weight excluding hydrogens is 466 g/mol. The van der Waals surface area contributed by atoms with Crippen molar-refractivity contribution < 1.29 is 37.0 Å². The Labute approximate surface area is 199 Å². The normalized spacial score (nSPS) is 34.8. The molecule has 4 atom stereocenters. The molecule has 2 bridgehead atoms. The van der Waals surface area contributed by atoms with Gasteiger partial charge in [0.25, 0.3) is 12.3 Å². The number of carbonyl (C=O) groups is 4. The summed E-state index contributed by atoms with van der Waals surface area (Å²) in [5.74, 6) is -1.82. The number of nitriles is 1. The summed E-state index contributed by atoms with van der Waals surface area (Å²) < 4.78 is 20.7. The summed E-state index contributed by atoms with van der Waals surface area (Å²) >= 11 is 0.204. The topological polar surface area (TPSA) is 135 Å². The average Bonchev–Trinajstić information content (AvgIpc) is 3.36. The first kappa shape index (κ1) is 22.3. The van der Waals surface area contributed by atoms with E-state index in [-0.39, 0.29) is 25.5 Å². The second-order valence-corrected chi connectivity index (χ2v) is 9.87. The fourth-order valence-electron chi connectivity index (χ4n) is 5.54. The molecule has 4 fully saturated rings. The highest BCUT2D eigenvalue weighted by molar-refractivity contribution is 7.90. The Morgan fingerprint density at radius 1 is 1.03 bits per heavy atom. The summed E-state index contributed by atoms with van der Waals surface area (Å²) in [6.07, 6.45) is -1.06. The van der Waals surface area contributed by atoms with E-state index >= 15 is 0 Å². The number of ether oxygens (including phenoxy) is 2. The quantitative estimate of drug-likeness (QED) is 0.538. The van der Waals surface area contributed by atoms with Crippen LogP contribution in [-0.2, 0) is 27.5 Å². The van der Waals surface area contributed by atoms with Crippen molar-refractivity contribution in [2.24, 2.45) is 5.41 Å². The molecule has 0 aliphatic carbocycles. The molecule has 11 nitrogen and oxygen atoms in total. The van der Waals surface area contributed by atoms with Crippen LogP contribution in [0.25, 0.3) is 0 Å². The van der Waals surface area contributed by atoms with Crippen LogP contribution in [0.5, 0.6) is 11.5 Å². The maximum atomic E-state index is 14.2. The minimum atomic E-state index is -1.68. The molecule has 0 N–H and O–H groups in total. The monoisotopic (exact) mass is 487 g/mol. The SMILES string of the molecule is CN1C(=O)[C@]23CC(=O)OSOC(=O)C[C@@]1(C)C(=O)N2[C@@H](c1ccc2c(c1)OCO2)[C@@](C)(C#N)C3. The lowest BCUT2D eigenvalue weighted by Crippen LogP contribution is -2.74. The number of likely N-dealkylation sites (N-methyl/N-ethyl adjacent to an activating group) is 1. The largest absolute Gasteiger partial charge is 0.454 e. The predicted octanol–water partition coefficient (Wildman–Crippen LogP) is 1.63. The van der Waals surface area contributed by atoms with Gasteiger partial charge in [-0.05, 0) is 31.5 Å². The van der Waals surface area contributed by atoms with Gasteiger partial charge >= 0.3 is 11.9 Å². The molecule has 5 aliphatic heterocycles. The highest BCUT2D eigenvalue weighted by Crippen LogP contribution is 2.59. The third kappa shape index (κ3) is 2.89. The molecule has 12 heteroatoms. The third-order valence-corrected chi connectivity index (χ3v) is 7.76. The smallest absolute Gasteiger partial charge is 0.323 e. The van der Waals surface area contributed by atoms with E-state index in [0.29, 0.717) is 17.1 Å². The van der Waals surface area contributed by atoms with Crippen molar-refractivity contribution in [3.05, 3.63) is 23.8 Å². The molecular formula is C22H21N3O8S. The zero-order valence-electron chi connectivity index (χ0n) is 18.7. The lowest BCUT2D eigenvalue weighted by atomic mass is 9.75. The van der Waals surface area contributed by atoms with Crippen LogP contribution in [0.3, 0.4) is 0 Å². The number of fused-ring (bicyclic) bond motifs is 8. The van der Waals surface area contributed by atoms with Crippen LogP contribution in [0, 0.1) is 16.7 Å². The lowest BCUT2D eigenvalue weighted by Gasteiger charge is -2.53. The van der Waals surface area contributed by atoms with Crippen molar-refractivity contribution in [2.45, 2.75) is 50.2 Å². The highest BCUT2D eigenvalue weighted by atomic mass is 32.2. The van der Waals surface area contributed by atoms with Gasteiger partial charge in [-0.2, -0.15) is 5.26 Å². The molecule has 6 rings (SSSR count). The first-order valence-corrected chi connectivity index (χ1v) is 11.2. The van der Waals surface area contributed by atoms with Crippen LogP contribution in [0.2, 0.25) is 0 Å². The molecule has 5 heterocycles. The lowest BCUT2D eigenvalue weighted by molar-refractivity contribution is -0.180. The molecule has 4 saturated heterocycles. The van der Waals surface area contributed by atoms with Crippen LogP contribution in [-0.4, -0.2) is 58.5 Å². The predicted molar refractivity (Wildman–Crippen MR) is 113 cm³/mol. The Balaban J connectivity index is 1.74. The highest BCUT2D eigenvalue weighted by Gasteiger charge is 2.71. The fraction of sp³-hybridized carbons (Fsp3) is 0.500. The van der Waals surface area contributed by atoms with E-state index in [0.717, 1.165) is 0 Å². The molecule has 5 aliphatic rings. The molecule has 2 amide bonds. The molecule has 34 heavy (non-hydrogen) atoms. The van der Waals surface area contributed by atoms with Gasteiger partial charge in [0.1, 0.15) is 11.1 Å². The Kier molecular flexibility index (Phi) is 4.77. The van der Waals surface area contributed by atoms with Gasteiger partial charge in [0.15, 0.2) is 11.5 Å². The summed E-state index contributed by atoms with van der Waals surface area (Å²) in [4.78, 5) is 55.8. The average molecular weight is 487 g/mol. The van der Waals surface area contributed by atoms with Crippen LogP contribution >= 0.6 is 12.3 Å². The van der Waals surface area contributed by atoms with E-state index in [1.807, 2.05) is 0 Å². The Bertz CT molecular complexity index is 1180. The van der Waals surface area contributed by atoms with Crippen molar-refractivity contribution in [3.63, 3.8) is 0 Å². The van der Waals surface area contributed by atoms with Gasteiger partial charge in [0.05, 0.1) is 30.4 Å². The third-order valence-electron chi connectivity index (χ3n) is 7.25. The van der Waals surface area contributed by atoms with Gasteiger partial charge in [0, 0.05) is 13.5 Å². The Hall–Kier alpha value is -3.46. The van der Waals surface area contributed by atoms with Gasteiger partial charge in [-0.3, -0.25) is 19.2 Å². The van der Waals surface area contributed by atoms with Gasteiger partial charge in [-0.15, -0.1) is 0 Å². The van der Waals surface area contributed by atoms with E-state index in [9.17, 15) is 24.4 Å². The minimum absolute atomic E-state index is 0.0402. The van der Waals surface area contributed by atoms with Crippen LogP contribution in [0.1, 0.15) is 44.7 Å². The second kappa shape index (κ2) is 7.27. The number of hydrogen-bond acceptors (Lipinski definition) is 10. The van der Waals surface area contributed by atoms with E-state index in [2.05, 4.69) is 6.07 Å². The van der Waals surface area contributed by atoms with Crippen molar-refractivity contribution in [1.29, 1.82) is 5.26 Å². The van der Waals surface area contributed by atoms with Crippen LogP contribution in [0.15, 0.2) is 18.2 Å². The van der Waals surface area contributed by atoms with E-state index < -0.39 is 59.1 Å². The number of carbonyl (C=O) groups excluding carboxylic acids is 4. The van der Waals surface area contributed by atoms with Gasteiger partial charge in [-0.25, -0.2) is 0 Å². The zero-order chi connectivity index (χ0) is 24.5. The summed E-state index contributed by atoms with van der Waals surface area (Å²) in [5, 5.41) is 10.3. The minimum Gasteiger partial charge on any atom is -0.454 e. The number of rotatable bonds is 1. The fourth-order valence-corrected chi connectivity index (χ4v) is 5.84. The van der Waals surface area contributed by atoms with E-state index in [1.165, 1.54) is 23.8 Å². The van der Waals surface area contributed by atoms with Crippen molar-refractivity contribution in [1.82, 2.24) is 9.80 Å². The maximum absolute atomic E-state index is 14.2. The number of amides is 2. The van der Waals surface area contributed by atoms with Crippen LogP contribution < -0.4 is 9.47 Å². The number of nitrogens with zero attached hydrogens (tertiary/aromatic N) is 3. The summed E-state index contributed by atoms with van der Waals surface area (Å²) in [6, 6.07) is 6.43. The maximum Gasteiger partial charge on any atom is 0.323 e. The first-order chi connectivity index (χ1) is 16.1. The first-order valence-electron chi connectivity index (χ1n) is 10.6. The molecule has 1 aromatic carbocycles. The van der Waals surface area contributed by atoms with Crippen molar-refractivity contribution >= 4 is 36.1 Å². The summed E-state index contributed by atoms with van der Waals surface area (Å²) in [6.45, 7) is 3.17. The molecule has 1 aromatic rings. The molecule has 0 radical (unpaired) electrons. The van der Waals surface area contributed by atoms with Gasteiger partial charge in [0.2, 0.25) is 18.6 Å². The second-order valence-electron chi connectivity index (χ2n) is 9.40. The molecule has 0 unspecified atom stereocenters. The standard InChI is InChI=1S/C22H21N3O8S/c1-20(10-23)9-22-8-16(27)33-34-32-15(26)7-21(2,24(3)19(22)29)18(28)25(22)17(20)12-4-5-13-14(6-12)31-11-30-13/h4-6,17H,7-9,11H2,1-3H3/t17-,20+,21-,22+/m0/s1. The molecule has 0 aromatic heterocycles. The Morgan fingerprint density at radius 2 is 1.71 bits per heavy atom. The van der Waals surface area contributed by atoms with E-state index in [4.69, 9.17) is 17.8 Å². The van der Waals surface area contributed by atoms with E-state index in [1.54, 1.807) is 25.1 Å². The van der Waals surface area contributed by atoms with Crippen molar-refractivity contribution in [3.8, 4) is 17.6 Å². The number of piperazine rings is 1. The van der Waals surface area contributed by atoms with Gasteiger partial charge in [-0.1, -0.05) is 6.07 Å². The number of hydrogen-bond donors (Lipinski definition) is 0. The summed E-state index contributed by atoms with van der Waals surface area (Å²) in [5.41, 5.74) is -3.98. The van der Waals surface area contributed by atoms with Crippen LogP contribution in [0.4, 0.5) is 0 Å². The Morgan fingerprint density at radius 3 is 2.41 bits per heavy atom. The van der Waals surface area contributed by atoms with Crippen molar-refractivity contribution in [2.75, 3.05) is 13.8 Å².